The zero-order chi connectivity index (χ0) is 18.6. The number of halogens is 1. The van der Waals surface area contributed by atoms with E-state index in [-0.39, 0.29) is 17.1 Å². The van der Waals surface area contributed by atoms with Gasteiger partial charge in [-0.25, -0.2) is 4.79 Å². The molecule has 0 aromatic heterocycles. The van der Waals surface area contributed by atoms with Crippen molar-refractivity contribution in [2.24, 2.45) is 10.9 Å². The molecule has 2 aromatic rings. The van der Waals surface area contributed by atoms with E-state index >= 15 is 0 Å². The van der Waals surface area contributed by atoms with Gasteiger partial charge in [0.2, 0.25) is 0 Å². The van der Waals surface area contributed by atoms with Gasteiger partial charge in [0.1, 0.15) is 5.75 Å². The Balaban J connectivity index is 2.24. The number of nitro groups is 1. The molecular formula is C16H14ClN3O5. The minimum Gasteiger partial charge on any atom is -0.496 e. The van der Waals surface area contributed by atoms with E-state index in [0.717, 1.165) is 6.07 Å². The number of amidine groups is 1. The standard InChI is InChI=1S/C16H14ClN3O5/c1-9-3-4-10(7-13(9)20(22)23)16(21)25-19-15(18)12-8-11(17)5-6-14(12)24-2/h3-8H,1-2H3,(H2,18,19). The monoisotopic (exact) mass is 363 g/mol. The highest BCUT2D eigenvalue weighted by atomic mass is 35.5. The average molecular weight is 364 g/mol. The lowest BCUT2D eigenvalue weighted by Crippen LogP contribution is -2.16. The van der Waals surface area contributed by atoms with E-state index in [2.05, 4.69) is 5.16 Å². The summed E-state index contributed by atoms with van der Waals surface area (Å²) in [4.78, 5) is 27.1. The number of ether oxygens (including phenoxy) is 1. The first-order chi connectivity index (χ1) is 11.8. The maximum atomic E-state index is 12.0. The van der Waals surface area contributed by atoms with Gasteiger partial charge < -0.3 is 15.3 Å². The highest BCUT2D eigenvalue weighted by Gasteiger charge is 2.17. The first kappa shape index (κ1) is 18.2. The third kappa shape index (κ3) is 4.24. The fourth-order valence-electron chi connectivity index (χ4n) is 2.01. The minimum atomic E-state index is -0.882. The van der Waals surface area contributed by atoms with Crippen molar-refractivity contribution in [3.63, 3.8) is 0 Å². The van der Waals surface area contributed by atoms with Gasteiger partial charge in [-0.3, -0.25) is 10.1 Å². The van der Waals surface area contributed by atoms with Crippen LogP contribution >= 0.6 is 11.6 Å². The molecule has 0 aliphatic rings. The molecule has 0 atom stereocenters. The number of carbonyl (C=O) groups excluding carboxylic acids is 1. The second-order valence-electron chi connectivity index (χ2n) is 4.96. The van der Waals surface area contributed by atoms with Crippen molar-refractivity contribution < 1.29 is 19.3 Å². The Morgan fingerprint density at radius 2 is 2.00 bits per heavy atom. The Kier molecular flexibility index (Phi) is 5.56. The van der Waals surface area contributed by atoms with Gasteiger partial charge in [-0.1, -0.05) is 22.8 Å². The molecule has 0 heterocycles. The van der Waals surface area contributed by atoms with E-state index in [4.69, 9.17) is 26.9 Å². The van der Waals surface area contributed by atoms with Crippen LogP contribution in [0.15, 0.2) is 41.6 Å². The maximum absolute atomic E-state index is 12.0. The van der Waals surface area contributed by atoms with Crippen LogP contribution in [0.25, 0.3) is 0 Å². The van der Waals surface area contributed by atoms with Gasteiger partial charge in [0.25, 0.3) is 5.69 Å². The van der Waals surface area contributed by atoms with Gasteiger partial charge >= 0.3 is 5.97 Å². The van der Waals surface area contributed by atoms with E-state index in [1.165, 1.54) is 25.3 Å². The molecule has 0 unspecified atom stereocenters. The van der Waals surface area contributed by atoms with E-state index in [0.29, 0.717) is 21.9 Å². The number of nitrogens with two attached hydrogens (primary N) is 1. The number of nitrogens with zero attached hydrogens (tertiary/aromatic N) is 2. The van der Waals surface area contributed by atoms with Gasteiger partial charge in [-0.15, -0.1) is 0 Å². The van der Waals surface area contributed by atoms with Crippen molar-refractivity contribution in [3.8, 4) is 5.75 Å². The predicted octanol–water partition coefficient (Wildman–Crippen LogP) is 3.04. The number of oxime groups is 1. The first-order valence-corrected chi connectivity index (χ1v) is 7.35. The first-order valence-electron chi connectivity index (χ1n) is 6.97. The highest BCUT2D eigenvalue weighted by molar-refractivity contribution is 6.31. The largest absolute Gasteiger partial charge is 0.496 e. The molecule has 2 rings (SSSR count). The lowest BCUT2D eigenvalue weighted by molar-refractivity contribution is -0.385. The molecule has 8 nitrogen and oxygen atoms in total. The fraction of sp³-hybridized carbons (Fsp3) is 0.125. The van der Waals surface area contributed by atoms with Gasteiger partial charge in [-0.05, 0) is 31.2 Å². The van der Waals surface area contributed by atoms with Crippen molar-refractivity contribution in [1.29, 1.82) is 0 Å². The molecule has 0 fully saturated rings. The van der Waals surface area contributed by atoms with Crippen LogP contribution in [0.4, 0.5) is 5.69 Å². The fourth-order valence-corrected chi connectivity index (χ4v) is 2.18. The van der Waals surface area contributed by atoms with Crippen molar-refractivity contribution in [1.82, 2.24) is 0 Å². The molecule has 0 saturated heterocycles. The molecule has 130 valence electrons. The van der Waals surface area contributed by atoms with Crippen LogP contribution in [0.5, 0.6) is 5.75 Å². The summed E-state index contributed by atoms with van der Waals surface area (Å²) in [6.07, 6.45) is 0. The molecule has 2 aromatic carbocycles. The van der Waals surface area contributed by atoms with Crippen LogP contribution in [-0.2, 0) is 4.84 Å². The Hall–Kier alpha value is -3.13. The number of rotatable bonds is 5. The summed E-state index contributed by atoms with van der Waals surface area (Å²) in [5.74, 6) is -0.617. The SMILES string of the molecule is COc1ccc(Cl)cc1/C(N)=N/OC(=O)c1ccc(C)c([N+](=O)[O-])c1. The third-order valence-electron chi connectivity index (χ3n) is 3.31. The number of nitro benzene ring substituents is 1. The van der Waals surface area contributed by atoms with Gasteiger partial charge in [0, 0.05) is 16.7 Å². The topological polar surface area (TPSA) is 117 Å². The van der Waals surface area contributed by atoms with E-state index in [1.807, 2.05) is 0 Å². The number of carbonyl (C=O) groups is 1. The highest BCUT2D eigenvalue weighted by Crippen LogP contribution is 2.23. The van der Waals surface area contributed by atoms with Gasteiger partial charge in [-0.2, -0.15) is 0 Å². The summed E-state index contributed by atoms with van der Waals surface area (Å²) >= 11 is 5.90. The molecule has 25 heavy (non-hydrogen) atoms. The molecule has 2 N–H and O–H groups in total. The number of hydrogen-bond donors (Lipinski definition) is 1. The smallest absolute Gasteiger partial charge is 0.366 e. The van der Waals surface area contributed by atoms with E-state index < -0.39 is 10.9 Å². The van der Waals surface area contributed by atoms with Crippen LogP contribution in [0.3, 0.4) is 0 Å². The normalized spacial score (nSPS) is 11.1. The summed E-state index contributed by atoms with van der Waals surface area (Å²) in [6.45, 7) is 1.56. The van der Waals surface area contributed by atoms with Crippen molar-refractivity contribution in [2.45, 2.75) is 6.92 Å². The third-order valence-corrected chi connectivity index (χ3v) is 3.54. The van der Waals surface area contributed by atoms with Crippen LogP contribution < -0.4 is 10.5 Å². The van der Waals surface area contributed by atoms with Crippen LogP contribution in [0.2, 0.25) is 5.02 Å². The molecular weight excluding hydrogens is 350 g/mol. The number of hydrogen-bond acceptors (Lipinski definition) is 6. The van der Waals surface area contributed by atoms with Crippen LogP contribution in [0.1, 0.15) is 21.5 Å². The quantitative estimate of drug-likeness (QED) is 0.287. The second kappa shape index (κ2) is 7.63. The van der Waals surface area contributed by atoms with Crippen molar-refractivity contribution >= 4 is 29.1 Å². The summed E-state index contributed by atoms with van der Waals surface area (Å²) in [5, 5.41) is 14.9. The molecule has 0 spiro atoms. The number of aryl methyl sites for hydroxylation is 1. The zero-order valence-electron chi connectivity index (χ0n) is 13.4. The molecule has 9 heteroatoms. The molecule has 0 aliphatic carbocycles. The number of methoxy groups -OCH3 is 1. The predicted molar refractivity (Wildman–Crippen MR) is 92.0 cm³/mol. The minimum absolute atomic E-state index is 0.0214. The van der Waals surface area contributed by atoms with Crippen LogP contribution in [-0.4, -0.2) is 23.8 Å². The van der Waals surface area contributed by atoms with E-state index in [1.54, 1.807) is 19.1 Å². The molecule has 0 bridgehead atoms. The second-order valence-corrected chi connectivity index (χ2v) is 5.39. The van der Waals surface area contributed by atoms with E-state index in [9.17, 15) is 14.9 Å². The summed E-state index contributed by atoms with van der Waals surface area (Å²) < 4.78 is 5.13. The molecule has 0 saturated carbocycles. The molecule has 0 aliphatic heterocycles. The van der Waals surface area contributed by atoms with Crippen molar-refractivity contribution in [2.75, 3.05) is 7.11 Å². The van der Waals surface area contributed by atoms with Crippen molar-refractivity contribution in [3.05, 3.63) is 68.2 Å². The number of benzene rings is 2. The molecule has 0 amide bonds. The molecule has 0 radical (unpaired) electrons. The van der Waals surface area contributed by atoms with Crippen LogP contribution in [0, 0.1) is 17.0 Å². The van der Waals surface area contributed by atoms with Gasteiger partial charge in [0.15, 0.2) is 5.84 Å². The lowest BCUT2D eigenvalue weighted by Gasteiger charge is -2.08. The Morgan fingerprint density at radius 1 is 1.28 bits per heavy atom. The average Bonchev–Trinajstić information content (AvgIpc) is 2.59. The Bertz CT molecular complexity index is 867. The zero-order valence-corrected chi connectivity index (χ0v) is 14.1. The summed E-state index contributed by atoms with van der Waals surface area (Å²) in [5.41, 5.74) is 6.35. The summed E-state index contributed by atoms with van der Waals surface area (Å²) in [7, 11) is 1.44. The Morgan fingerprint density at radius 3 is 2.64 bits per heavy atom. The lowest BCUT2D eigenvalue weighted by atomic mass is 10.1. The van der Waals surface area contributed by atoms with Gasteiger partial charge in [0.05, 0.1) is 23.2 Å². The Labute approximate surface area is 147 Å². The maximum Gasteiger partial charge on any atom is 0.366 e. The summed E-state index contributed by atoms with van der Waals surface area (Å²) in [6, 6.07) is 8.66.